The van der Waals surface area contributed by atoms with E-state index in [4.69, 9.17) is 14.2 Å². The summed E-state index contributed by atoms with van der Waals surface area (Å²) < 4.78 is 61.8. The molecule has 1 aromatic carbocycles. The summed E-state index contributed by atoms with van der Waals surface area (Å²) in [5.41, 5.74) is -3.19. The molecule has 2 N–H and O–H groups in total. The number of aryl methyl sites for hydroxylation is 1. The smallest absolute Gasteiger partial charge is 0.303 e. The van der Waals surface area contributed by atoms with Gasteiger partial charge in [0.05, 0.1) is 42.3 Å². The zero-order valence-electron chi connectivity index (χ0n) is 22.6. The number of nitrogens with one attached hydrogen (secondary N) is 1. The molecule has 0 aliphatic heterocycles. The van der Waals surface area contributed by atoms with Crippen LogP contribution in [0.1, 0.15) is 43.9 Å². The first-order valence-electron chi connectivity index (χ1n) is 12.3. The molecule has 3 aromatic heterocycles. The summed E-state index contributed by atoms with van der Waals surface area (Å²) in [7, 11) is 1.49. The fraction of sp³-hybridized carbons (Fsp3) is 0.370. The van der Waals surface area contributed by atoms with Crippen molar-refractivity contribution in [1.29, 1.82) is 0 Å². The molecule has 13 heteroatoms. The van der Waals surface area contributed by atoms with Crippen LogP contribution in [-0.2, 0) is 5.92 Å². The van der Waals surface area contributed by atoms with E-state index in [1.54, 1.807) is 26.0 Å². The Morgan fingerprint density at radius 3 is 2.42 bits per heavy atom. The number of aromatic nitrogens is 5. The second kappa shape index (κ2) is 11.5. The van der Waals surface area contributed by atoms with Crippen LogP contribution >= 0.6 is 0 Å². The molecule has 212 valence electrons. The van der Waals surface area contributed by atoms with Crippen LogP contribution in [0.2, 0.25) is 0 Å². The number of rotatable bonds is 11. The average molecular weight is 559 g/mol. The summed E-state index contributed by atoms with van der Waals surface area (Å²) in [4.78, 5) is 20.7. The number of fused-ring (bicyclic) bond motifs is 1. The van der Waals surface area contributed by atoms with Crippen LogP contribution in [0, 0.1) is 12.7 Å². The van der Waals surface area contributed by atoms with Gasteiger partial charge in [-0.2, -0.15) is 8.78 Å². The maximum absolute atomic E-state index is 15.3. The second-order valence-corrected chi connectivity index (χ2v) is 9.47. The molecule has 0 radical (unpaired) electrons. The molecule has 3 heterocycles. The molecule has 40 heavy (non-hydrogen) atoms. The highest BCUT2D eigenvalue weighted by Crippen LogP contribution is 2.41. The largest absolute Gasteiger partial charge is 0.493 e. The molecule has 0 spiro atoms. The zero-order valence-corrected chi connectivity index (χ0v) is 22.6. The Bertz CT molecular complexity index is 1490. The van der Waals surface area contributed by atoms with E-state index in [2.05, 4.69) is 30.2 Å². The van der Waals surface area contributed by atoms with Crippen LogP contribution in [0.4, 0.5) is 19.0 Å². The summed E-state index contributed by atoms with van der Waals surface area (Å²) in [6.45, 7) is 5.45. The summed E-state index contributed by atoms with van der Waals surface area (Å²) in [5, 5.41) is 13.5. The molecule has 0 bridgehead atoms. The first-order chi connectivity index (χ1) is 18.9. The number of anilines is 1. The van der Waals surface area contributed by atoms with Gasteiger partial charge in [0.2, 0.25) is 0 Å². The number of aliphatic hydroxyl groups is 1. The standard InChI is InChI=1S/C27H29F3N6O4/c1-15(24-23(28)19(6-7-33-24)27(29,30)26(3,4)37)34-25-18-10-22(21(38-5)11-20(18)35-16(2)36-25)40-9-8-39-17-12-31-14-32-13-17/h6-7,10-15,37H,8-9H2,1-5H3,(H,34,35,36)/t15-/m1/s1. The van der Waals surface area contributed by atoms with Crippen LogP contribution in [0.15, 0.2) is 43.1 Å². The molecule has 0 amide bonds. The van der Waals surface area contributed by atoms with Gasteiger partial charge in [-0.1, -0.05) is 0 Å². The Morgan fingerprint density at radius 2 is 1.75 bits per heavy atom. The number of alkyl halides is 2. The van der Waals surface area contributed by atoms with Crippen molar-refractivity contribution in [2.24, 2.45) is 0 Å². The van der Waals surface area contributed by atoms with E-state index in [9.17, 15) is 13.9 Å². The van der Waals surface area contributed by atoms with Crippen molar-refractivity contribution in [2.75, 3.05) is 25.6 Å². The molecule has 1 atom stereocenters. The predicted octanol–water partition coefficient (Wildman–Crippen LogP) is 4.76. The molecule has 0 aliphatic rings. The minimum atomic E-state index is -3.85. The van der Waals surface area contributed by atoms with E-state index in [1.165, 1.54) is 25.8 Å². The van der Waals surface area contributed by atoms with Crippen molar-refractivity contribution in [3.63, 3.8) is 0 Å². The normalized spacial score (nSPS) is 12.7. The lowest BCUT2D eigenvalue weighted by Crippen LogP contribution is -2.41. The van der Waals surface area contributed by atoms with Gasteiger partial charge in [-0.05, 0) is 39.8 Å². The number of halogens is 3. The van der Waals surface area contributed by atoms with Gasteiger partial charge in [0.25, 0.3) is 0 Å². The highest BCUT2D eigenvalue weighted by atomic mass is 19.3. The van der Waals surface area contributed by atoms with E-state index in [0.717, 1.165) is 26.1 Å². The van der Waals surface area contributed by atoms with Crippen LogP contribution < -0.4 is 19.5 Å². The van der Waals surface area contributed by atoms with Crippen LogP contribution in [0.3, 0.4) is 0 Å². The van der Waals surface area contributed by atoms with Gasteiger partial charge in [0, 0.05) is 17.6 Å². The lowest BCUT2D eigenvalue weighted by Gasteiger charge is -2.30. The van der Waals surface area contributed by atoms with Gasteiger partial charge in [-0.25, -0.2) is 24.3 Å². The van der Waals surface area contributed by atoms with Crippen molar-refractivity contribution in [3.8, 4) is 17.2 Å². The molecular formula is C27H29F3N6O4. The third kappa shape index (κ3) is 5.98. The average Bonchev–Trinajstić information content (AvgIpc) is 2.90. The SMILES string of the molecule is COc1cc2nc(C)nc(N[C@H](C)c3nccc(C(F)(F)C(C)(C)O)c3F)c2cc1OCCOc1cncnc1. The molecular weight excluding hydrogens is 529 g/mol. The molecule has 0 fully saturated rings. The van der Waals surface area contributed by atoms with E-state index < -0.39 is 28.9 Å². The van der Waals surface area contributed by atoms with Crippen molar-refractivity contribution < 1.29 is 32.5 Å². The van der Waals surface area contributed by atoms with E-state index in [-0.39, 0.29) is 18.9 Å². The van der Waals surface area contributed by atoms with Crippen molar-refractivity contribution in [3.05, 3.63) is 66.0 Å². The molecule has 0 saturated heterocycles. The molecule has 10 nitrogen and oxygen atoms in total. The van der Waals surface area contributed by atoms with E-state index in [0.29, 0.717) is 39.8 Å². The van der Waals surface area contributed by atoms with E-state index >= 15 is 4.39 Å². The number of pyridine rings is 1. The quantitative estimate of drug-likeness (QED) is 0.249. The van der Waals surface area contributed by atoms with Crippen molar-refractivity contribution >= 4 is 16.7 Å². The maximum atomic E-state index is 15.3. The number of benzene rings is 1. The minimum Gasteiger partial charge on any atom is -0.493 e. The Hall–Kier alpha value is -4.26. The molecule has 4 rings (SSSR count). The third-order valence-electron chi connectivity index (χ3n) is 6.03. The third-order valence-corrected chi connectivity index (χ3v) is 6.03. The first-order valence-corrected chi connectivity index (χ1v) is 12.3. The molecule has 0 unspecified atom stereocenters. The highest BCUT2D eigenvalue weighted by molar-refractivity contribution is 5.92. The van der Waals surface area contributed by atoms with E-state index in [1.807, 2.05) is 0 Å². The number of nitrogens with zero attached hydrogens (tertiary/aromatic N) is 5. The summed E-state index contributed by atoms with van der Waals surface area (Å²) >= 11 is 0. The lowest BCUT2D eigenvalue weighted by atomic mass is 9.92. The molecule has 0 aliphatic carbocycles. The Labute approximate surface area is 228 Å². The number of methoxy groups -OCH3 is 1. The Kier molecular flexibility index (Phi) is 8.24. The predicted molar refractivity (Wildman–Crippen MR) is 140 cm³/mol. The van der Waals surface area contributed by atoms with Gasteiger partial charge in [0.1, 0.15) is 36.8 Å². The zero-order chi connectivity index (χ0) is 29.1. The summed E-state index contributed by atoms with van der Waals surface area (Å²) in [6, 6.07) is 3.31. The summed E-state index contributed by atoms with van der Waals surface area (Å²) in [6.07, 6.45) is 5.53. The van der Waals surface area contributed by atoms with Gasteiger partial charge in [-0.3, -0.25) is 4.98 Å². The fourth-order valence-electron chi connectivity index (χ4n) is 3.91. The van der Waals surface area contributed by atoms with Gasteiger partial charge < -0.3 is 24.6 Å². The van der Waals surface area contributed by atoms with Crippen LogP contribution in [0.5, 0.6) is 17.2 Å². The monoisotopic (exact) mass is 558 g/mol. The van der Waals surface area contributed by atoms with Gasteiger partial charge in [0.15, 0.2) is 23.1 Å². The van der Waals surface area contributed by atoms with Gasteiger partial charge in [-0.15, -0.1) is 0 Å². The molecule has 4 aromatic rings. The van der Waals surface area contributed by atoms with Crippen LogP contribution in [-0.4, -0.2) is 56.0 Å². The Balaban J connectivity index is 1.62. The lowest BCUT2D eigenvalue weighted by molar-refractivity contribution is -0.170. The molecule has 0 saturated carbocycles. The number of hydrogen-bond acceptors (Lipinski definition) is 10. The fourth-order valence-corrected chi connectivity index (χ4v) is 3.91. The Morgan fingerprint density at radius 1 is 1.05 bits per heavy atom. The minimum absolute atomic E-state index is 0.167. The maximum Gasteiger partial charge on any atom is 0.303 e. The summed E-state index contributed by atoms with van der Waals surface area (Å²) in [5.74, 6) is -3.07. The van der Waals surface area contributed by atoms with Crippen molar-refractivity contribution in [1.82, 2.24) is 24.9 Å². The topological polar surface area (TPSA) is 124 Å². The first kappa shape index (κ1) is 28.7. The second-order valence-electron chi connectivity index (χ2n) is 9.47. The van der Waals surface area contributed by atoms with Crippen molar-refractivity contribution in [2.45, 2.75) is 45.3 Å². The highest BCUT2D eigenvalue weighted by Gasteiger charge is 2.49. The number of hydrogen-bond donors (Lipinski definition) is 2. The number of ether oxygens (including phenoxy) is 3. The van der Waals surface area contributed by atoms with Crippen LogP contribution in [0.25, 0.3) is 10.9 Å². The van der Waals surface area contributed by atoms with Gasteiger partial charge >= 0.3 is 5.92 Å².